The summed E-state index contributed by atoms with van der Waals surface area (Å²) in [4.78, 5) is 9.43. The molecule has 66 valence electrons. The molecule has 0 aromatic rings. The van der Waals surface area contributed by atoms with Crippen LogP contribution >= 0.6 is 18.9 Å². The van der Waals surface area contributed by atoms with Crippen molar-refractivity contribution in [3.05, 3.63) is 0 Å². The number of rotatable bonds is 4. The van der Waals surface area contributed by atoms with E-state index >= 15 is 0 Å². The van der Waals surface area contributed by atoms with Crippen molar-refractivity contribution in [2.75, 3.05) is 18.8 Å². The molecule has 0 saturated carbocycles. The summed E-state index contributed by atoms with van der Waals surface area (Å²) >= 11 is 1.44. The van der Waals surface area contributed by atoms with Gasteiger partial charge >= 0.3 is 0 Å². The van der Waals surface area contributed by atoms with Gasteiger partial charge < -0.3 is 4.89 Å². The summed E-state index contributed by atoms with van der Waals surface area (Å²) in [5.74, 6) is 0.711. The molecule has 11 heavy (non-hydrogen) atoms. The lowest BCUT2D eigenvalue weighted by Crippen LogP contribution is -2.30. The van der Waals surface area contributed by atoms with Crippen LogP contribution in [0.15, 0.2) is 0 Å². The highest BCUT2D eigenvalue weighted by Crippen LogP contribution is 2.41. The summed E-state index contributed by atoms with van der Waals surface area (Å²) in [6.45, 7) is 2.47. The molecule has 1 heterocycles. The molecule has 0 aromatic carbocycles. The molecular formula is C6H15N2OPS. The fourth-order valence-corrected chi connectivity index (χ4v) is 2.76. The van der Waals surface area contributed by atoms with Crippen molar-refractivity contribution >= 4 is 18.9 Å². The molecule has 3 nitrogen and oxygen atoms in total. The highest BCUT2D eigenvalue weighted by Gasteiger charge is 2.14. The van der Waals surface area contributed by atoms with Crippen LogP contribution in [0.25, 0.3) is 0 Å². The van der Waals surface area contributed by atoms with Gasteiger partial charge in [0.05, 0.1) is 0 Å². The Hall–Kier alpha value is 0.660. The molecule has 5 heteroatoms. The van der Waals surface area contributed by atoms with E-state index in [4.69, 9.17) is 1.37 Å². The first-order valence-corrected chi connectivity index (χ1v) is 6.64. The Morgan fingerprint density at radius 3 is 3.09 bits per heavy atom. The molecule has 0 aromatic heterocycles. The van der Waals surface area contributed by atoms with E-state index in [9.17, 15) is 4.89 Å². The van der Waals surface area contributed by atoms with Crippen LogP contribution in [0.3, 0.4) is 0 Å². The molecule has 0 bridgehead atoms. The fraction of sp³-hybridized carbons (Fsp3) is 1.00. The maximum absolute atomic E-state index is 9.43. The molecule has 2 N–H and O–H groups in total. The van der Waals surface area contributed by atoms with E-state index in [0.717, 1.165) is 13.1 Å². The number of hydrogen-bond donors (Lipinski definition) is 2. The third kappa shape index (κ3) is 3.72. The predicted octanol–water partition coefficient (Wildman–Crippen LogP) is 1.56. The van der Waals surface area contributed by atoms with Gasteiger partial charge in [-0.3, -0.25) is 0 Å². The van der Waals surface area contributed by atoms with Crippen molar-refractivity contribution in [1.82, 2.24) is 10.2 Å². The van der Waals surface area contributed by atoms with Crippen LogP contribution < -0.4 is 5.20 Å². The quantitative estimate of drug-likeness (QED) is 0.667. The predicted molar refractivity (Wildman–Crippen MR) is 51.2 cm³/mol. The maximum atomic E-state index is 9.43. The van der Waals surface area contributed by atoms with Gasteiger partial charge in [-0.2, -0.15) is 0 Å². The van der Waals surface area contributed by atoms with E-state index in [-0.39, 0.29) is 0 Å². The lowest BCUT2D eigenvalue weighted by atomic mass is 10.4. The summed E-state index contributed by atoms with van der Waals surface area (Å²) in [7, 11) is -1.12. The molecule has 1 rings (SSSR count). The smallest absolute Gasteiger partial charge is 0.178 e. The molecule has 1 fully saturated rings. The number of hydrazine groups is 1. The van der Waals surface area contributed by atoms with Gasteiger partial charge in [0, 0.05) is 14.5 Å². The number of nitrogens with one attached hydrogen (secondary N) is 1. The molecule has 0 radical (unpaired) electrons. The van der Waals surface area contributed by atoms with Crippen molar-refractivity contribution in [2.24, 2.45) is 0 Å². The zero-order valence-electron chi connectivity index (χ0n) is 7.49. The second-order valence-electron chi connectivity index (χ2n) is 2.40. The van der Waals surface area contributed by atoms with E-state index in [1.165, 1.54) is 24.2 Å². The lowest BCUT2D eigenvalue weighted by Gasteiger charge is -2.19. The van der Waals surface area contributed by atoms with Crippen LogP contribution in [0.5, 0.6) is 0 Å². The first-order chi connectivity index (χ1) is 5.83. The van der Waals surface area contributed by atoms with Gasteiger partial charge in [0.1, 0.15) is 0 Å². The Labute approximate surface area is 74.6 Å². The van der Waals surface area contributed by atoms with Crippen LogP contribution in [0.2, 0.25) is 0 Å². The molecule has 0 aliphatic carbocycles. The Bertz CT molecular complexity index is 126. The minimum atomic E-state index is -1.12. The molecule has 0 spiro atoms. The van der Waals surface area contributed by atoms with Gasteiger partial charge in [-0.05, 0) is 18.6 Å². The molecule has 1 saturated heterocycles. The average Bonchev–Trinajstić information content (AvgIpc) is 2.53. The minimum absolute atomic E-state index is 0.381. The van der Waals surface area contributed by atoms with E-state index in [0.29, 0.717) is 12.7 Å². The number of nitrogens with zero attached hydrogens (tertiary/aromatic N) is 1. The summed E-state index contributed by atoms with van der Waals surface area (Å²) in [5, 5.41) is 5.12. The van der Waals surface area contributed by atoms with Crippen molar-refractivity contribution in [2.45, 2.75) is 19.7 Å². The number of hydrogen-bond acceptors (Lipinski definition) is 4. The average molecular weight is 195 g/mol. The zero-order valence-corrected chi connectivity index (χ0v) is 8.20. The molecule has 1 aliphatic heterocycles. The highest BCUT2D eigenvalue weighted by molar-refractivity contribution is 8.53. The van der Waals surface area contributed by atoms with Crippen molar-refractivity contribution in [3.8, 4) is 0 Å². The monoisotopic (exact) mass is 195 g/mol. The van der Waals surface area contributed by atoms with E-state index in [2.05, 4.69) is 10.2 Å². The highest BCUT2D eigenvalue weighted by atomic mass is 32.7. The Morgan fingerprint density at radius 2 is 2.45 bits per heavy atom. The first-order valence-electron chi connectivity index (χ1n) is 4.46. The third-order valence-corrected chi connectivity index (χ3v) is 3.95. The third-order valence-electron chi connectivity index (χ3n) is 1.55. The van der Waals surface area contributed by atoms with E-state index < -0.39 is 7.50 Å². The summed E-state index contributed by atoms with van der Waals surface area (Å²) < 4.78 is 6.92. The van der Waals surface area contributed by atoms with Gasteiger partial charge in [-0.15, -0.1) is 0 Å². The summed E-state index contributed by atoms with van der Waals surface area (Å²) in [6.07, 6.45) is 2.44. The van der Waals surface area contributed by atoms with Gasteiger partial charge in [-0.1, -0.05) is 18.3 Å². The Kier molecular flexibility index (Phi) is 4.01. The second kappa shape index (κ2) is 5.33. The normalized spacial score (nSPS) is 23.5. The van der Waals surface area contributed by atoms with Crippen LogP contribution in [0.4, 0.5) is 0 Å². The van der Waals surface area contributed by atoms with E-state index in [1.54, 1.807) is 0 Å². The molecule has 1 unspecified atom stereocenters. The largest absolute Gasteiger partial charge is 0.350 e. The standard InChI is InChI=1S/C6H15N2OPS/c1-2-11-10(9)7-8-5-3-4-6-8/h7,9H,2-6H2,1H3/i1D. The molecule has 1 atom stereocenters. The van der Waals surface area contributed by atoms with Crippen LogP contribution in [0.1, 0.15) is 21.1 Å². The Balaban J connectivity index is 2.03. The first kappa shape index (κ1) is 8.27. The minimum Gasteiger partial charge on any atom is -0.350 e. The lowest BCUT2D eigenvalue weighted by molar-refractivity contribution is 0.301. The van der Waals surface area contributed by atoms with Gasteiger partial charge in [0.25, 0.3) is 0 Å². The maximum Gasteiger partial charge on any atom is 0.178 e. The van der Waals surface area contributed by atoms with E-state index in [1.807, 2.05) is 0 Å². The molecular weight excluding hydrogens is 179 g/mol. The van der Waals surface area contributed by atoms with Gasteiger partial charge in [-0.25, -0.2) is 10.2 Å². The molecule has 1 aliphatic rings. The SMILES string of the molecule is [2H]CCSP(O)NN1CCCC1. The van der Waals surface area contributed by atoms with Gasteiger partial charge in [0.2, 0.25) is 0 Å². The topological polar surface area (TPSA) is 35.5 Å². The van der Waals surface area contributed by atoms with Crippen LogP contribution in [0, 0.1) is 0 Å². The Morgan fingerprint density at radius 1 is 1.73 bits per heavy atom. The fourth-order valence-electron chi connectivity index (χ4n) is 1.05. The zero-order chi connectivity index (χ0) is 8.81. The summed E-state index contributed by atoms with van der Waals surface area (Å²) in [6, 6.07) is 0. The molecule has 0 amide bonds. The van der Waals surface area contributed by atoms with Gasteiger partial charge in [0.15, 0.2) is 7.50 Å². The second-order valence-corrected chi connectivity index (χ2v) is 5.62. The van der Waals surface area contributed by atoms with Crippen molar-refractivity contribution < 1.29 is 6.26 Å². The van der Waals surface area contributed by atoms with Crippen LogP contribution in [-0.2, 0) is 0 Å². The van der Waals surface area contributed by atoms with Crippen molar-refractivity contribution in [3.63, 3.8) is 0 Å². The summed E-state index contributed by atoms with van der Waals surface area (Å²) in [5.41, 5.74) is 0. The van der Waals surface area contributed by atoms with Crippen molar-refractivity contribution in [1.29, 1.82) is 0 Å². The van der Waals surface area contributed by atoms with Crippen LogP contribution in [-0.4, -0.2) is 28.7 Å².